The first-order chi connectivity index (χ1) is 10.2. The van der Waals surface area contributed by atoms with Crippen molar-refractivity contribution in [3.05, 3.63) is 52.9 Å². The Morgan fingerprint density at radius 2 is 2.05 bits per heavy atom. The van der Waals surface area contributed by atoms with Crippen LogP contribution in [0.2, 0.25) is 0 Å². The van der Waals surface area contributed by atoms with Crippen LogP contribution < -0.4 is 0 Å². The third-order valence-corrected chi connectivity index (χ3v) is 3.55. The predicted molar refractivity (Wildman–Crippen MR) is 72.7 cm³/mol. The van der Waals surface area contributed by atoms with Crippen molar-refractivity contribution < 1.29 is 18.8 Å². The Labute approximate surface area is 121 Å². The van der Waals surface area contributed by atoms with Crippen molar-refractivity contribution in [2.75, 3.05) is 13.7 Å². The topological polar surface area (TPSA) is 72.6 Å². The smallest absolute Gasteiger partial charge is 0.338 e. The lowest BCUT2D eigenvalue weighted by Gasteiger charge is -2.26. The van der Waals surface area contributed by atoms with Gasteiger partial charge in [0.05, 0.1) is 31.0 Å². The normalized spacial score (nSPS) is 13.7. The zero-order valence-corrected chi connectivity index (χ0v) is 11.5. The quantitative estimate of drug-likeness (QED) is 0.785. The van der Waals surface area contributed by atoms with E-state index in [9.17, 15) is 9.59 Å². The van der Waals surface area contributed by atoms with Gasteiger partial charge in [0.25, 0.3) is 5.91 Å². The zero-order valence-electron chi connectivity index (χ0n) is 11.5. The second kappa shape index (κ2) is 5.40. The van der Waals surface area contributed by atoms with Gasteiger partial charge in [0, 0.05) is 18.5 Å². The third kappa shape index (κ3) is 2.40. The second-order valence-electron chi connectivity index (χ2n) is 4.79. The molecule has 3 rings (SSSR count). The first-order valence-corrected chi connectivity index (χ1v) is 6.59. The number of rotatable bonds is 2. The standard InChI is InChI=1S/C15H14N2O4/c1-20-15(19)12-5-3-2-4-11(12)14(18)17-7-6-13-10(9-17)8-16-21-13/h2-5,8H,6-7,9H2,1H3. The minimum absolute atomic E-state index is 0.192. The molecule has 1 aromatic heterocycles. The average Bonchev–Trinajstić information content (AvgIpc) is 3.01. The molecular weight excluding hydrogens is 272 g/mol. The lowest BCUT2D eigenvalue weighted by atomic mass is 10.0. The van der Waals surface area contributed by atoms with Crippen LogP contribution in [0.3, 0.4) is 0 Å². The molecule has 0 spiro atoms. The molecule has 0 saturated carbocycles. The van der Waals surface area contributed by atoms with E-state index in [-0.39, 0.29) is 11.5 Å². The maximum absolute atomic E-state index is 12.6. The molecule has 2 aromatic rings. The van der Waals surface area contributed by atoms with Gasteiger partial charge < -0.3 is 14.2 Å². The molecule has 0 saturated heterocycles. The monoisotopic (exact) mass is 286 g/mol. The highest BCUT2D eigenvalue weighted by Gasteiger charge is 2.27. The van der Waals surface area contributed by atoms with Gasteiger partial charge in [0.1, 0.15) is 5.76 Å². The number of amides is 1. The van der Waals surface area contributed by atoms with E-state index in [1.165, 1.54) is 7.11 Å². The van der Waals surface area contributed by atoms with Gasteiger partial charge in [-0.1, -0.05) is 17.3 Å². The van der Waals surface area contributed by atoms with E-state index in [0.29, 0.717) is 25.1 Å². The number of benzene rings is 1. The molecule has 21 heavy (non-hydrogen) atoms. The number of carbonyl (C=O) groups excluding carboxylic acids is 2. The number of nitrogens with zero attached hydrogens (tertiary/aromatic N) is 2. The van der Waals surface area contributed by atoms with E-state index < -0.39 is 5.97 Å². The maximum atomic E-state index is 12.6. The fourth-order valence-electron chi connectivity index (χ4n) is 2.44. The van der Waals surface area contributed by atoms with E-state index in [4.69, 9.17) is 9.26 Å². The van der Waals surface area contributed by atoms with Crippen molar-refractivity contribution in [1.82, 2.24) is 10.1 Å². The summed E-state index contributed by atoms with van der Waals surface area (Å²) in [6.07, 6.45) is 2.25. The van der Waals surface area contributed by atoms with Gasteiger partial charge in [-0.05, 0) is 12.1 Å². The summed E-state index contributed by atoms with van der Waals surface area (Å²) in [5, 5.41) is 3.74. The van der Waals surface area contributed by atoms with Crippen molar-refractivity contribution >= 4 is 11.9 Å². The Kier molecular flexibility index (Phi) is 3.43. The molecule has 0 N–H and O–H groups in total. The molecule has 0 aliphatic carbocycles. The molecule has 2 heterocycles. The molecule has 0 radical (unpaired) electrons. The molecule has 1 amide bonds. The Balaban J connectivity index is 1.88. The first kappa shape index (κ1) is 13.4. The SMILES string of the molecule is COC(=O)c1ccccc1C(=O)N1CCc2oncc2C1. The Morgan fingerprint density at radius 1 is 1.29 bits per heavy atom. The molecule has 108 valence electrons. The zero-order chi connectivity index (χ0) is 14.8. The van der Waals surface area contributed by atoms with Crippen LogP contribution in [0, 0.1) is 0 Å². The van der Waals surface area contributed by atoms with Crippen molar-refractivity contribution in [3.8, 4) is 0 Å². The van der Waals surface area contributed by atoms with Crippen molar-refractivity contribution in [3.63, 3.8) is 0 Å². The van der Waals surface area contributed by atoms with Crippen LogP contribution in [0.15, 0.2) is 35.0 Å². The fraction of sp³-hybridized carbons (Fsp3) is 0.267. The number of aromatic nitrogens is 1. The van der Waals surface area contributed by atoms with Crippen LogP contribution >= 0.6 is 0 Å². The molecule has 6 nitrogen and oxygen atoms in total. The molecule has 1 aliphatic heterocycles. The summed E-state index contributed by atoms with van der Waals surface area (Å²) in [5.41, 5.74) is 1.54. The highest BCUT2D eigenvalue weighted by atomic mass is 16.5. The van der Waals surface area contributed by atoms with Crippen LogP contribution in [-0.4, -0.2) is 35.6 Å². The van der Waals surface area contributed by atoms with Gasteiger partial charge in [-0.15, -0.1) is 0 Å². The van der Waals surface area contributed by atoms with Crippen LogP contribution in [0.5, 0.6) is 0 Å². The molecule has 1 aliphatic rings. The third-order valence-electron chi connectivity index (χ3n) is 3.55. The summed E-state index contributed by atoms with van der Waals surface area (Å²) >= 11 is 0. The largest absolute Gasteiger partial charge is 0.465 e. The van der Waals surface area contributed by atoms with E-state index in [0.717, 1.165) is 11.3 Å². The van der Waals surface area contributed by atoms with Crippen LogP contribution in [0.25, 0.3) is 0 Å². The molecule has 0 atom stereocenters. The summed E-state index contributed by atoms with van der Waals surface area (Å²) in [6.45, 7) is 0.976. The fourth-order valence-corrected chi connectivity index (χ4v) is 2.44. The highest BCUT2D eigenvalue weighted by molar-refractivity contribution is 6.05. The number of carbonyl (C=O) groups is 2. The minimum Gasteiger partial charge on any atom is -0.465 e. The summed E-state index contributed by atoms with van der Waals surface area (Å²) in [5.74, 6) is 0.116. The summed E-state index contributed by atoms with van der Waals surface area (Å²) in [6, 6.07) is 6.66. The predicted octanol–water partition coefficient (Wildman–Crippen LogP) is 1.66. The van der Waals surface area contributed by atoms with Crippen LogP contribution in [0.4, 0.5) is 0 Å². The van der Waals surface area contributed by atoms with Crippen molar-refractivity contribution in [2.24, 2.45) is 0 Å². The summed E-state index contributed by atoms with van der Waals surface area (Å²) in [4.78, 5) is 26.1. The van der Waals surface area contributed by atoms with E-state index in [1.807, 2.05) is 0 Å². The van der Waals surface area contributed by atoms with Crippen LogP contribution in [-0.2, 0) is 17.7 Å². The lowest BCUT2D eigenvalue weighted by Crippen LogP contribution is -2.36. The summed E-state index contributed by atoms with van der Waals surface area (Å²) in [7, 11) is 1.30. The molecule has 6 heteroatoms. The number of methoxy groups -OCH3 is 1. The van der Waals surface area contributed by atoms with E-state index in [1.54, 1.807) is 35.4 Å². The molecule has 0 bridgehead atoms. The molecule has 0 unspecified atom stereocenters. The van der Waals surface area contributed by atoms with Gasteiger partial charge in [0.2, 0.25) is 0 Å². The number of hydrogen-bond donors (Lipinski definition) is 0. The second-order valence-corrected chi connectivity index (χ2v) is 4.79. The van der Waals surface area contributed by atoms with Gasteiger partial charge in [-0.25, -0.2) is 4.79 Å². The minimum atomic E-state index is -0.512. The van der Waals surface area contributed by atoms with Crippen molar-refractivity contribution in [1.29, 1.82) is 0 Å². The Morgan fingerprint density at radius 3 is 2.81 bits per heavy atom. The average molecular weight is 286 g/mol. The molecule has 1 aromatic carbocycles. The Hall–Kier alpha value is -2.63. The first-order valence-electron chi connectivity index (χ1n) is 6.59. The Bertz CT molecular complexity index is 692. The van der Waals surface area contributed by atoms with E-state index >= 15 is 0 Å². The maximum Gasteiger partial charge on any atom is 0.338 e. The molecule has 0 fully saturated rings. The van der Waals surface area contributed by atoms with E-state index in [2.05, 4.69) is 5.16 Å². The highest BCUT2D eigenvalue weighted by Crippen LogP contribution is 2.21. The van der Waals surface area contributed by atoms with Gasteiger partial charge in [-0.3, -0.25) is 4.79 Å². The van der Waals surface area contributed by atoms with Gasteiger partial charge in [-0.2, -0.15) is 0 Å². The lowest BCUT2D eigenvalue weighted by molar-refractivity contribution is 0.0588. The number of hydrogen-bond acceptors (Lipinski definition) is 5. The summed E-state index contributed by atoms with van der Waals surface area (Å²) < 4.78 is 9.83. The van der Waals surface area contributed by atoms with Crippen LogP contribution in [0.1, 0.15) is 32.0 Å². The van der Waals surface area contributed by atoms with Gasteiger partial charge >= 0.3 is 5.97 Å². The van der Waals surface area contributed by atoms with Gasteiger partial charge in [0.15, 0.2) is 0 Å². The number of fused-ring (bicyclic) bond motifs is 1. The number of esters is 1. The molecular formula is C15H14N2O4. The number of ether oxygens (including phenoxy) is 1. The van der Waals surface area contributed by atoms with Crippen molar-refractivity contribution in [2.45, 2.75) is 13.0 Å².